The topological polar surface area (TPSA) is 32.3 Å². The molecule has 2 atom stereocenters. The average Bonchev–Trinajstić information content (AvgIpc) is 3.08. The molecule has 0 radical (unpaired) electrons. The van der Waals surface area contributed by atoms with Crippen molar-refractivity contribution < 1.29 is 4.79 Å². The van der Waals surface area contributed by atoms with Crippen molar-refractivity contribution in [3.8, 4) is 0 Å². The van der Waals surface area contributed by atoms with Gasteiger partial charge in [0.15, 0.2) is 0 Å². The highest BCUT2D eigenvalue weighted by Crippen LogP contribution is 2.27. The number of benzene rings is 2. The summed E-state index contributed by atoms with van der Waals surface area (Å²) >= 11 is 0. The smallest absolute Gasteiger partial charge is 0.227 e. The van der Waals surface area contributed by atoms with E-state index in [2.05, 4.69) is 40.5 Å². The summed E-state index contributed by atoms with van der Waals surface area (Å²) in [5, 5.41) is 5.86. The van der Waals surface area contributed by atoms with E-state index >= 15 is 0 Å². The van der Waals surface area contributed by atoms with Gasteiger partial charge in [-0.15, -0.1) is 12.4 Å². The van der Waals surface area contributed by atoms with Gasteiger partial charge in [0, 0.05) is 26.2 Å². The summed E-state index contributed by atoms with van der Waals surface area (Å²) in [5.41, 5.74) is 1.12. The normalized spacial score (nSPS) is 23.4. The third kappa shape index (κ3) is 2.83. The number of likely N-dealkylation sites (tertiary alicyclic amines) is 1. The van der Waals surface area contributed by atoms with Crippen molar-refractivity contribution in [1.82, 2.24) is 10.2 Å². The minimum atomic E-state index is 0. The molecule has 2 saturated heterocycles. The van der Waals surface area contributed by atoms with Crippen LogP contribution in [-0.2, 0) is 11.2 Å². The fraction of sp³-hybridized carbons (Fsp3) is 0.389. The van der Waals surface area contributed by atoms with Gasteiger partial charge in [-0.3, -0.25) is 4.79 Å². The summed E-state index contributed by atoms with van der Waals surface area (Å²) in [4.78, 5) is 14.5. The maximum Gasteiger partial charge on any atom is 0.227 e. The van der Waals surface area contributed by atoms with Gasteiger partial charge in [0.2, 0.25) is 5.91 Å². The molecule has 0 aromatic heterocycles. The monoisotopic (exact) mass is 316 g/mol. The Bertz CT molecular complexity index is 676. The van der Waals surface area contributed by atoms with Gasteiger partial charge in [0.25, 0.3) is 0 Å². The van der Waals surface area contributed by atoms with Crippen LogP contribution in [-0.4, -0.2) is 37.0 Å². The first-order valence-electron chi connectivity index (χ1n) is 7.76. The van der Waals surface area contributed by atoms with Crippen LogP contribution in [0.15, 0.2) is 42.5 Å². The second kappa shape index (κ2) is 6.27. The predicted molar refractivity (Wildman–Crippen MR) is 91.3 cm³/mol. The Balaban J connectivity index is 0.00000144. The van der Waals surface area contributed by atoms with Gasteiger partial charge >= 0.3 is 0 Å². The van der Waals surface area contributed by atoms with Gasteiger partial charge in [-0.25, -0.2) is 0 Å². The first kappa shape index (κ1) is 15.3. The molecule has 0 saturated carbocycles. The van der Waals surface area contributed by atoms with Crippen molar-refractivity contribution >= 4 is 29.1 Å². The van der Waals surface area contributed by atoms with Crippen molar-refractivity contribution in [2.45, 2.75) is 6.42 Å². The average molecular weight is 317 g/mol. The lowest BCUT2D eigenvalue weighted by Gasteiger charge is -2.17. The molecule has 4 rings (SSSR count). The van der Waals surface area contributed by atoms with E-state index in [-0.39, 0.29) is 18.3 Å². The second-order valence-corrected chi connectivity index (χ2v) is 6.34. The number of fused-ring (bicyclic) bond motifs is 2. The molecular weight excluding hydrogens is 296 g/mol. The molecule has 0 bridgehead atoms. The first-order chi connectivity index (χ1) is 10.3. The number of nitrogens with one attached hydrogen (secondary N) is 1. The van der Waals surface area contributed by atoms with Crippen LogP contribution in [0, 0.1) is 11.8 Å². The molecular formula is C18H21ClN2O. The third-order valence-electron chi connectivity index (χ3n) is 4.91. The van der Waals surface area contributed by atoms with E-state index in [9.17, 15) is 4.79 Å². The van der Waals surface area contributed by atoms with Crippen LogP contribution < -0.4 is 5.32 Å². The molecule has 116 valence electrons. The number of halogens is 1. The zero-order chi connectivity index (χ0) is 14.2. The van der Waals surface area contributed by atoms with Crippen LogP contribution in [0.4, 0.5) is 0 Å². The van der Waals surface area contributed by atoms with Gasteiger partial charge in [0.1, 0.15) is 0 Å². The molecule has 2 aliphatic heterocycles. The lowest BCUT2D eigenvalue weighted by Crippen LogP contribution is -2.32. The fourth-order valence-corrected chi connectivity index (χ4v) is 3.69. The van der Waals surface area contributed by atoms with Crippen molar-refractivity contribution in [3.63, 3.8) is 0 Å². The Morgan fingerprint density at radius 2 is 1.73 bits per heavy atom. The Kier molecular flexibility index (Phi) is 4.37. The van der Waals surface area contributed by atoms with Gasteiger partial charge in [0.05, 0.1) is 6.42 Å². The molecule has 0 aliphatic carbocycles. The molecule has 2 aliphatic rings. The molecule has 1 N–H and O–H groups in total. The van der Waals surface area contributed by atoms with Gasteiger partial charge in [-0.2, -0.15) is 0 Å². The van der Waals surface area contributed by atoms with Crippen LogP contribution >= 0.6 is 12.4 Å². The highest BCUT2D eigenvalue weighted by atomic mass is 35.5. The standard InChI is InChI=1S/C18H20N2O.ClH/c21-18(20-11-16-9-19-10-17(16)12-20)8-13-5-6-14-3-1-2-4-15(14)7-13;/h1-7,16-17,19H,8-12H2;1H/t16-,17+;. The zero-order valence-corrected chi connectivity index (χ0v) is 13.3. The maximum atomic E-state index is 12.5. The Labute approximate surface area is 137 Å². The van der Waals surface area contributed by atoms with E-state index in [1.807, 2.05) is 12.1 Å². The van der Waals surface area contributed by atoms with Gasteiger partial charge in [-0.05, 0) is 28.2 Å². The van der Waals surface area contributed by atoms with Crippen LogP contribution in [0.5, 0.6) is 0 Å². The summed E-state index contributed by atoms with van der Waals surface area (Å²) < 4.78 is 0. The van der Waals surface area contributed by atoms with Crippen molar-refractivity contribution in [2.75, 3.05) is 26.2 Å². The number of nitrogens with zero attached hydrogens (tertiary/aromatic N) is 1. The number of hydrogen-bond donors (Lipinski definition) is 1. The third-order valence-corrected chi connectivity index (χ3v) is 4.91. The molecule has 3 nitrogen and oxygen atoms in total. The number of amides is 1. The number of carbonyl (C=O) groups is 1. The first-order valence-corrected chi connectivity index (χ1v) is 7.76. The molecule has 2 aromatic carbocycles. The van der Waals surface area contributed by atoms with E-state index < -0.39 is 0 Å². The minimum Gasteiger partial charge on any atom is -0.342 e. The summed E-state index contributed by atoms with van der Waals surface area (Å²) in [6.07, 6.45) is 0.525. The van der Waals surface area contributed by atoms with E-state index in [0.717, 1.165) is 31.7 Å². The largest absolute Gasteiger partial charge is 0.342 e. The van der Waals surface area contributed by atoms with E-state index in [1.165, 1.54) is 10.8 Å². The lowest BCUT2D eigenvalue weighted by atomic mass is 10.0. The quantitative estimate of drug-likeness (QED) is 0.923. The molecule has 0 unspecified atom stereocenters. The summed E-state index contributed by atoms with van der Waals surface area (Å²) in [5.74, 6) is 1.62. The van der Waals surface area contributed by atoms with Gasteiger partial charge < -0.3 is 10.2 Å². The summed E-state index contributed by atoms with van der Waals surface area (Å²) in [7, 11) is 0. The highest BCUT2D eigenvalue weighted by Gasteiger charge is 2.37. The Morgan fingerprint density at radius 1 is 1.05 bits per heavy atom. The molecule has 22 heavy (non-hydrogen) atoms. The van der Waals surface area contributed by atoms with Crippen molar-refractivity contribution in [1.29, 1.82) is 0 Å². The zero-order valence-electron chi connectivity index (χ0n) is 12.5. The molecule has 2 aromatic rings. The van der Waals surface area contributed by atoms with Crippen LogP contribution in [0.2, 0.25) is 0 Å². The number of rotatable bonds is 2. The summed E-state index contributed by atoms with van der Waals surface area (Å²) in [6, 6.07) is 14.6. The molecule has 4 heteroatoms. The van der Waals surface area contributed by atoms with E-state index in [1.54, 1.807) is 0 Å². The molecule has 1 amide bonds. The van der Waals surface area contributed by atoms with E-state index in [0.29, 0.717) is 18.3 Å². The van der Waals surface area contributed by atoms with Gasteiger partial charge in [-0.1, -0.05) is 42.5 Å². The summed E-state index contributed by atoms with van der Waals surface area (Å²) in [6.45, 7) is 4.02. The van der Waals surface area contributed by atoms with Crippen LogP contribution in [0.25, 0.3) is 10.8 Å². The molecule has 2 fully saturated rings. The van der Waals surface area contributed by atoms with E-state index in [4.69, 9.17) is 0 Å². The molecule has 2 heterocycles. The lowest BCUT2D eigenvalue weighted by molar-refractivity contribution is -0.129. The minimum absolute atomic E-state index is 0. The van der Waals surface area contributed by atoms with Crippen molar-refractivity contribution in [2.24, 2.45) is 11.8 Å². The SMILES string of the molecule is Cl.O=C(Cc1ccc2ccccc2c1)N1C[C@H]2CNC[C@H]2C1. The Morgan fingerprint density at radius 3 is 2.45 bits per heavy atom. The molecule has 0 spiro atoms. The van der Waals surface area contributed by atoms with Crippen molar-refractivity contribution in [3.05, 3.63) is 48.0 Å². The van der Waals surface area contributed by atoms with Crippen LogP contribution in [0.1, 0.15) is 5.56 Å². The fourth-order valence-electron chi connectivity index (χ4n) is 3.69. The van der Waals surface area contributed by atoms with Crippen LogP contribution in [0.3, 0.4) is 0 Å². The second-order valence-electron chi connectivity index (χ2n) is 6.34. The maximum absolute atomic E-state index is 12.5. The highest BCUT2D eigenvalue weighted by molar-refractivity contribution is 5.86. The number of hydrogen-bond acceptors (Lipinski definition) is 2. The predicted octanol–water partition coefficient (Wildman–Crippen LogP) is 2.48. The number of carbonyl (C=O) groups excluding carboxylic acids is 1. The Hall–Kier alpha value is -1.58.